The number of rotatable bonds is 4. The smallest absolute Gasteiger partial charge is 0.203 e. The van der Waals surface area contributed by atoms with Gasteiger partial charge in [-0.25, -0.2) is 4.98 Å². The van der Waals surface area contributed by atoms with Gasteiger partial charge in [0.2, 0.25) is 3.83 Å². The van der Waals surface area contributed by atoms with Crippen LogP contribution in [-0.2, 0) is 6.42 Å². The van der Waals surface area contributed by atoms with Crippen molar-refractivity contribution in [1.29, 1.82) is 0 Å². The van der Waals surface area contributed by atoms with E-state index < -0.39 is 0 Å². The highest BCUT2D eigenvalue weighted by molar-refractivity contribution is 14.1. The van der Waals surface area contributed by atoms with Crippen molar-refractivity contribution in [2.75, 3.05) is 14.2 Å². The number of aromatic nitrogens is 2. The molecule has 0 fully saturated rings. The molecule has 0 aliphatic heterocycles. The van der Waals surface area contributed by atoms with Gasteiger partial charge in [-0.05, 0) is 29.2 Å². The number of methoxy groups -OCH3 is 2. The predicted molar refractivity (Wildman–Crippen MR) is 75.0 cm³/mol. The number of benzene rings is 1. The summed E-state index contributed by atoms with van der Waals surface area (Å²) in [6.07, 6.45) is 0.765. The summed E-state index contributed by atoms with van der Waals surface area (Å²) in [5.74, 6) is 1.48. The van der Waals surface area contributed by atoms with Gasteiger partial charge in [0.25, 0.3) is 0 Å². The van der Waals surface area contributed by atoms with Crippen molar-refractivity contribution in [3.8, 4) is 11.5 Å². The Labute approximate surface area is 117 Å². The van der Waals surface area contributed by atoms with E-state index in [0.29, 0.717) is 0 Å². The molecule has 2 aromatic rings. The molecule has 90 valence electrons. The zero-order chi connectivity index (χ0) is 12.3. The van der Waals surface area contributed by atoms with Crippen LogP contribution in [0.1, 0.15) is 10.6 Å². The van der Waals surface area contributed by atoms with Crippen molar-refractivity contribution in [3.63, 3.8) is 0 Å². The van der Waals surface area contributed by atoms with Crippen LogP contribution in [0.4, 0.5) is 0 Å². The maximum Gasteiger partial charge on any atom is 0.203 e. The minimum Gasteiger partial charge on any atom is -0.493 e. The molecule has 0 bridgehead atoms. The first-order valence-corrected chi connectivity index (χ1v) is 6.77. The number of nitrogens with zero attached hydrogens (tertiary/aromatic N) is 2. The minimum atomic E-state index is 0.739. The molecule has 0 spiro atoms. The quantitative estimate of drug-likeness (QED) is 0.785. The summed E-state index contributed by atoms with van der Waals surface area (Å²) in [7, 11) is 3.26. The number of halogens is 1. The molecule has 1 aromatic heterocycles. The van der Waals surface area contributed by atoms with E-state index in [2.05, 4.69) is 31.9 Å². The van der Waals surface area contributed by atoms with E-state index in [1.165, 1.54) is 11.5 Å². The molecule has 6 heteroatoms. The van der Waals surface area contributed by atoms with Gasteiger partial charge in [0.15, 0.2) is 11.5 Å². The van der Waals surface area contributed by atoms with Crippen molar-refractivity contribution >= 4 is 34.1 Å². The molecular weight excluding hydrogens is 351 g/mol. The zero-order valence-corrected chi connectivity index (χ0v) is 12.4. The fraction of sp³-hybridized carbons (Fsp3) is 0.273. The van der Waals surface area contributed by atoms with Gasteiger partial charge in [-0.2, -0.15) is 4.37 Å². The first-order chi connectivity index (χ1) is 8.22. The van der Waals surface area contributed by atoms with Crippen LogP contribution in [0.2, 0.25) is 0 Å². The summed E-state index contributed by atoms with van der Waals surface area (Å²) < 4.78 is 15.4. The summed E-state index contributed by atoms with van der Waals surface area (Å²) in [5.41, 5.74) is 1.13. The highest BCUT2D eigenvalue weighted by Gasteiger charge is 2.07. The highest BCUT2D eigenvalue weighted by Crippen LogP contribution is 2.28. The summed E-state index contributed by atoms with van der Waals surface area (Å²) in [5, 5.41) is 1.00. The molecule has 1 heterocycles. The zero-order valence-electron chi connectivity index (χ0n) is 9.44. The third kappa shape index (κ3) is 3.06. The summed E-state index contributed by atoms with van der Waals surface area (Å²) in [6.45, 7) is 0. The predicted octanol–water partition coefficient (Wildman–Crippen LogP) is 2.75. The molecule has 2 rings (SSSR count). The van der Waals surface area contributed by atoms with Crippen molar-refractivity contribution in [3.05, 3.63) is 32.6 Å². The van der Waals surface area contributed by atoms with Gasteiger partial charge >= 0.3 is 0 Å². The van der Waals surface area contributed by atoms with Crippen LogP contribution in [0.5, 0.6) is 11.5 Å². The Balaban J connectivity index is 2.22. The monoisotopic (exact) mass is 362 g/mol. The average Bonchev–Trinajstić information content (AvgIpc) is 2.74. The van der Waals surface area contributed by atoms with Gasteiger partial charge in [-0.15, -0.1) is 0 Å². The normalized spacial score (nSPS) is 10.3. The third-order valence-electron chi connectivity index (χ3n) is 2.25. The van der Waals surface area contributed by atoms with E-state index in [-0.39, 0.29) is 0 Å². The Bertz CT molecular complexity index is 516. The Hall–Kier alpha value is -0.890. The van der Waals surface area contributed by atoms with Crippen molar-refractivity contribution in [2.24, 2.45) is 0 Å². The molecule has 0 saturated heterocycles. The second-order valence-corrected chi connectivity index (χ2v) is 5.12. The van der Waals surface area contributed by atoms with Crippen LogP contribution in [0.15, 0.2) is 18.2 Å². The average molecular weight is 362 g/mol. The molecule has 0 amide bonds. The second-order valence-electron chi connectivity index (χ2n) is 3.32. The minimum absolute atomic E-state index is 0.739. The van der Waals surface area contributed by atoms with Crippen LogP contribution in [0.3, 0.4) is 0 Å². The number of hydrogen-bond acceptors (Lipinski definition) is 5. The van der Waals surface area contributed by atoms with E-state index in [1.807, 2.05) is 18.2 Å². The van der Waals surface area contributed by atoms with E-state index in [1.54, 1.807) is 14.2 Å². The number of ether oxygens (including phenoxy) is 2. The lowest BCUT2D eigenvalue weighted by molar-refractivity contribution is 0.354. The van der Waals surface area contributed by atoms with E-state index >= 15 is 0 Å². The van der Waals surface area contributed by atoms with Gasteiger partial charge in [0.05, 0.1) is 14.2 Å². The van der Waals surface area contributed by atoms with Crippen LogP contribution in [-0.4, -0.2) is 23.6 Å². The first-order valence-electron chi connectivity index (χ1n) is 4.92. The van der Waals surface area contributed by atoms with Gasteiger partial charge in [0.1, 0.15) is 5.01 Å². The van der Waals surface area contributed by atoms with Crippen molar-refractivity contribution in [1.82, 2.24) is 9.36 Å². The highest BCUT2D eigenvalue weighted by atomic mass is 127. The summed E-state index contributed by atoms with van der Waals surface area (Å²) in [6, 6.07) is 5.88. The van der Waals surface area contributed by atoms with Gasteiger partial charge in [0, 0.05) is 29.0 Å². The lowest BCUT2D eigenvalue weighted by Gasteiger charge is -2.08. The lowest BCUT2D eigenvalue weighted by atomic mass is 10.1. The van der Waals surface area contributed by atoms with Crippen LogP contribution >= 0.6 is 34.1 Å². The number of hydrogen-bond donors (Lipinski definition) is 0. The Kier molecular flexibility index (Phi) is 4.16. The van der Waals surface area contributed by atoms with Gasteiger partial charge in [-0.3, -0.25) is 0 Å². The summed E-state index contributed by atoms with van der Waals surface area (Å²) >= 11 is 3.54. The molecule has 0 aliphatic rings. The van der Waals surface area contributed by atoms with E-state index in [9.17, 15) is 0 Å². The van der Waals surface area contributed by atoms with Gasteiger partial charge < -0.3 is 9.47 Å². The summed E-state index contributed by atoms with van der Waals surface area (Å²) in [4.78, 5) is 4.33. The largest absolute Gasteiger partial charge is 0.493 e. The molecular formula is C11H11IN2O2S. The fourth-order valence-corrected chi connectivity index (χ4v) is 2.80. The molecule has 0 aliphatic carbocycles. The standard InChI is InChI=1S/C11H11IN2O2S/c1-15-8-4-3-7(5-9(8)16-2)6-10-13-11(12)14-17-10/h3-5H,6H2,1-2H3. The van der Waals surface area contributed by atoms with Crippen LogP contribution in [0, 0.1) is 3.83 Å². The first kappa shape index (κ1) is 12.6. The molecule has 0 atom stereocenters. The SMILES string of the molecule is COc1ccc(Cc2nc(I)ns2)cc1OC. The maximum absolute atomic E-state index is 5.26. The molecule has 17 heavy (non-hydrogen) atoms. The second kappa shape index (κ2) is 5.63. The molecule has 1 aromatic carbocycles. The topological polar surface area (TPSA) is 44.2 Å². The van der Waals surface area contributed by atoms with Crippen molar-refractivity contribution in [2.45, 2.75) is 6.42 Å². The molecule has 0 N–H and O–H groups in total. The lowest BCUT2D eigenvalue weighted by Crippen LogP contribution is -1.93. The molecule has 0 unspecified atom stereocenters. The maximum atomic E-state index is 5.26. The Morgan fingerprint density at radius 2 is 2.00 bits per heavy atom. The van der Waals surface area contributed by atoms with Crippen molar-refractivity contribution < 1.29 is 9.47 Å². The Morgan fingerprint density at radius 3 is 2.59 bits per heavy atom. The van der Waals surface area contributed by atoms with Crippen LogP contribution < -0.4 is 9.47 Å². The fourth-order valence-electron chi connectivity index (χ4n) is 1.47. The van der Waals surface area contributed by atoms with E-state index in [0.717, 1.165) is 32.3 Å². The Morgan fingerprint density at radius 1 is 1.24 bits per heavy atom. The van der Waals surface area contributed by atoms with E-state index in [4.69, 9.17) is 9.47 Å². The molecule has 0 saturated carbocycles. The van der Waals surface area contributed by atoms with Gasteiger partial charge in [-0.1, -0.05) is 6.07 Å². The third-order valence-corrected chi connectivity index (χ3v) is 3.77. The van der Waals surface area contributed by atoms with Crippen LogP contribution in [0.25, 0.3) is 0 Å². The molecule has 0 radical (unpaired) electrons. The molecule has 4 nitrogen and oxygen atoms in total.